The van der Waals surface area contributed by atoms with Crippen molar-refractivity contribution >= 4 is 139 Å². The Hall–Kier alpha value is -9.30. The molecule has 28 heteroatoms. The molecule has 2 aliphatic carbocycles. The normalized spacial score (nSPS) is 17.5. The molecule has 4 aromatic heterocycles. The third-order valence-corrected chi connectivity index (χ3v) is 24.9. The molecule has 8 aromatic rings. The number of hydrogen-bond donors (Lipinski definition) is 6. The second-order valence-electron chi connectivity index (χ2n) is 36.9. The van der Waals surface area contributed by atoms with Crippen molar-refractivity contribution in [1.29, 1.82) is 0 Å². The van der Waals surface area contributed by atoms with E-state index < -0.39 is 11.9 Å². The van der Waals surface area contributed by atoms with Crippen LogP contribution in [0.5, 0.6) is 0 Å². The third kappa shape index (κ3) is 32.7. The van der Waals surface area contributed by atoms with Crippen molar-refractivity contribution < 1.29 is 48.3 Å². The van der Waals surface area contributed by atoms with Gasteiger partial charge >= 0.3 is 23.9 Å². The molecule has 12 rings (SSSR count). The number of pyridine rings is 2. The summed E-state index contributed by atoms with van der Waals surface area (Å²) in [7, 11) is 2.85. The van der Waals surface area contributed by atoms with Crippen molar-refractivity contribution in [3.8, 4) is 0 Å². The molecule has 0 spiro atoms. The van der Waals surface area contributed by atoms with E-state index in [1.165, 1.54) is 83.7 Å². The summed E-state index contributed by atoms with van der Waals surface area (Å²) in [6.07, 6.45) is 24.4. The third-order valence-electron chi connectivity index (χ3n) is 24.1. The summed E-state index contributed by atoms with van der Waals surface area (Å²) in [5, 5.41) is 34.1. The highest BCUT2D eigenvalue weighted by Gasteiger charge is 2.33. The summed E-state index contributed by atoms with van der Waals surface area (Å²) < 4.78 is 21.0. The van der Waals surface area contributed by atoms with Crippen molar-refractivity contribution in [2.75, 3.05) is 108 Å². The fraction of sp³-hybridized carbons (Fsp3) is 0.540. The molecular weight excluding hydrogens is 1700 g/mol. The first kappa shape index (κ1) is 102. The number of ether oxygens (including phenoxy) is 4. The van der Waals surface area contributed by atoms with Crippen molar-refractivity contribution in [3.63, 3.8) is 0 Å². The maximum absolute atomic E-state index is 11.8. The SMILES string of the molecule is CC(C)CN(c1ccc(C(C)CC(=O)O)cc1Nc1ccc(Cl)nc1)C1CCC(C)CC1.CC(C)CN(c1ccc(C(C)CC(=O)O)cc1Nc1cnc(Cl)cn1)C1CCC(C)CC1.COC(=O)CC(C)c1ccc(N(CC(C)C)C2CCOCC2)c(Nc2ccc(Cl)nc2)c1.COC(=O)CC(C)c1ccc(N(CC(C)C)C2CCOCC2)c(Nc2cnc(Cl)cn2)c1. The van der Waals surface area contributed by atoms with Gasteiger partial charge in [-0.1, -0.05) is 168 Å². The predicted molar refractivity (Wildman–Crippen MR) is 522 cm³/mol. The zero-order chi connectivity index (χ0) is 92.7. The second-order valence-corrected chi connectivity index (χ2v) is 38.4. The van der Waals surface area contributed by atoms with Crippen LogP contribution in [0.3, 0.4) is 0 Å². The minimum Gasteiger partial charge on any atom is -0.481 e. The Kier molecular flexibility index (Phi) is 41.1. The monoisotopic (exact) mass is 1830 g/mol. The molecule has 6 heterocycles. The number of carboxylic acids is 2. The summed E-state index contributed by atoms with van der Waals surface area (Å²) in [5.41, 5.74) is 14.3. The fourth-order valence-electron chi connectivity index (χ4n) is 17.2. The highest BCUT2D eigenvalue weighted by Crippen LogP contribution is 2.44. The lowest BCUT2D eigenvalue weighted by atomic mass is 9.86. The molecule has 4 aliphatic rings. The van der Waals surface area contributed by atoms with Crippen LogP contribution < -0.4 is 40.9 Å². The van der Waals surface area contributed by atoms with E-state index in [9.17, 15) is 29.4 Å². The molecule has 0 radical (unpaired) electrons. The minimum absolute atomic E-state index is 0.0231. The Bertz CT molecular complexity index is 4440. The number of esters is 2. The Balaban J connectivity index is 0.000000193. The summed E-state index contributed by atoms with van der Waals surface area (Å²) in [6, 6.07) is 34.7. The predicted octanol–water partition coefficient (Wildman–Crippen LogP) is 24.6. The first-order chi connectivity index (χ1) is 61.2. The van der Waals surface area contributed by atoms with E-state index >= 15 is 0 Å². The average molecular weight is 1840 g/mol. The molecule has 4 unspecified atom stereocenters. The number of hydrogen-bond acceptors (Lipinski definition) is 22. The van der Waals surface area contributed by atoms with Gasteiger partial charge in [0.2, 0.25) is 0 Å². The van der Waals surface area contributed by atoms with Gasteiger partial charge in [0.1, 0.15) is 32.2 Å². The van der Waals surface area contributed by atoms with Crippen molar-refractivity contribution in [3.05, 3.63) is 177 Å². The van der Waals surface area contributed by atoms with Crippen LogP contribution >= 0.6 is 46.4 Å². The largest absolute Gasteiger partial charge is 0.481 e. The molecule has 4 atom stereocenters. The van der Waals surface area contributed by atoms with Crippen LogP contribution in [0, 0.1) is 35.5 Å². The van der Waals surface area contributed by atoms with E-state index in [1.54, 1.807) is 36.9 Å². The van der Waals surface area contributed by atoms with Gasteiger partial charge in [-0.2, -0.15) is 0 Å². The van der Waals surface area contributed by atoms with Gasteiger partial charge in [-0.25, -0.2) is 29.9 Å². The van der Waals surface area contributed by atoms with Gasteiger partial charge in [0, 0.05) is 76.8 Å². The van der Waals surface area contributed by atoms with E-state index in [0.717, 1.165) is 164 Å². The molecule has 6 N–H and O–H groups in total. The molecule has 4 fully saturated rings. The zero-order valence-electron chi connectivity index (χ0n) is 77.9. The quantitative estimate of drug-likeness (QED) is 0.0157. The van der Waals surface area contributed by atoms with E-state index in [0.29, 0.717) is 92.9 Å². The number of methoxy groups -OCH3 is 2. The number of carbonyl (C=O) groups excluding carboxylic acids is 2. The van der Waals surface area contributed by atoms with Crippen molar-refractivity contribution in [2.24, 2.45) is 35.5 Å². The molecule has 2 saturated heterocycles. The molecule has 128 heavy (non-hydrogen) atoms. The maximum atomic E-state index is 11.8. The smallest absolute Gasteiger partial charge is 0.306 e. The maximum Gasteiger partial charge on any atom is 0.306 e. The molecule has 2 aliphatic heterocycles. The standard InChI is InChI=1S/C26H36ClN3O2.C25H35ClN4O2.C25H34ClN3O3.C24H33ClN4O3/c1-17(2)16-30(22-9-5-18(3)6-10-22)24-11-7-20(19(4)13-26(31)32)14-23(24)29-21-8-12-25(27)28-15-21;1-16(2)15-30(20-8-5-17(3)6-9-20)22-10-7-19(18(4)11-25(31)32)12-21(22)29-24-14-27-23(26)13-28-24;1-17(2)16-29(21-9-11-32-12-10-21)23-7-5-19(18(3)13-25(30)31-4)14-22(23)28-20-6-8-24(26)27-15-20;1-16(2)15-29(19-7-9-32-10-8-19)21-6-5-18(17(3)11-24(30)31-4)12-20(21)28-23-14-26-22(25)13-27-23/h7-8,11-12,14-15,17-19,22,29H,5-6,9-10,13,16H2,1-4H3,(H,31,32);7,10,12-14,16-18,20H,5-6,8-9,11,15H2,1-4H3,(H,28,29)(H,31,32);5-8,14-15,17-18,21,28H,9-13,16H2,1-4H3;5-6,12-14,16-17,19H,7-11,15H2,1-4H3,(H,27,28). The van der Waals surface area contributed by atoms with E-state index in [1.807, 2.05) is 39.8 Å². The van der Waals surface area contributed by atoms with Gasteiger partial charge in [-0.05, 0) is 231 Å². The molecule has 696 valence electrons. The summed E-state index contributed by atoms with van der Waals surface area (Å²) in [6.45, 7) is 37.6. The molecule has 0 amide bonds. The molecular formula is C100H138Cl4N14O10. The van der Waals surface area contributed by atoms with Gasteiger partial charge in [-0.3, -0.25) is 19.2 Å². The number of nitrogens with zero attached hydrogens (tertiary/aromatic N) is 10. The number of anilines is 12. The number of halogens is 4. The highest BCUT2D eigenvalue weighted by atomic mass is 35.5. The Labute approximate surface area is 779 Å². The molecule has 24 nitrogen and oxygen atoms in total. The van der Waals surface area contributed by atoms with Crippen LogP contribution in [0.2, 0.25) is 20.6 Å². The minimum atomic E-state index is -0.794. The lowest BCUT2D eigenvalue weighted by Gasteiger charge is -2.40. The van der Waals surface area contributed by atoms with E-state index in [2.05, 4.69) is 213 Å². The Morgan fingerprint density at radius 3 is 0.883 bits per heavy atom. The summed E-state index contributed by atoms with van der Waals surface area (Å²) >= 11 is 23.8. The Morgan fingerprint density at radius 1 is 0.359 bits per heavy atom. The highest BCUT2D eigenvalue weighted by molar-refractivity contribution is 6.30. The number of aliphatic carboxylic acids is 2. The first-order valence-corrected chi connectivity index (χ1v) is 47.3. The van der Waals surface area contributed by atoms with Gasteiger partial charge in [0.15, 0.2) is 0 Å². The number of nitrogens with one attached hydrogen (secondary N) is 4. The summed E-state index contributed by atoms with van der Waals surface area (Å²) in [4.78, 5) is 81.7. The zero-order valence-corrected chi connectivity index (χ0v) is 80.9. The number of benzene rings is 4. The number of rotatable bonds is 36. The fourth-order valence-corrected chi connectivity index (χ4v) is 17.6. The molecule has 4 aromatic carbocycles. The van der Waals surface area contributed by atoms with Crippen molar-refractivity contribution in [2.45, 2.75) is 248 Å². The van der Waals surface area contributed by atoms with Crippen molar-refractivity contribution in [1.82, 2.24) is 29.9 Å². The molecule has 0 bridgehead atoms. The van der Waals surface area contributed by atoms with Crippen LogP contribution in [-0.4, -0.2) is 155 Å². The summed E-state index contributed by atoms with van der Waals surface area (Å²) in [5.74, 6) is 2.78. The number of carboxylic acid groups (broad SMARTS) is 2. The van der Waals surface area contributed by atoms with Gasteiger partial charge < -0.3 is 70.0 Å². The number of aromatic nitrogens is 6. The van der Waals surface area contributed by atoms with E-state index in [4.69, 9.17) is 65.4 Å². The van der Waals surface area contributed by atoms with Crippen LogP contribution in [0.1, 0.15) is 246 Å². The van der Waals surface area contributed by atoms with Gasteiger partial charge in [-0.15, -0.1) is 0 Å². The van der Waals surface area contributed by atoms with Crippen LogP contribution in [0.4, 0.5) is 68.5 Å². The average Bonchev–Trinajstić information content (AvgIpc) is 0.811. The van der Waals surface area contributed by atoms with Gasteiger partial charge in [0.05, 0.1) is 134 Å². The number of carbonyl (C=O) groups is 4. The van der Waals surface area contributed by atoms with Gasteiger partial charge in [0.25, 0.3) is 0 Å². The lowest BCUT2D eigenvalue weighted by Crippen LogP contribution is -2.42. The van der Waals surface area contributed by atoms with E-state index in [-0.39, 0.29) is 48.5 Å². The van der Waals surface area contributed by atoms with Crippen LogP contribution in [-0.2, 0) is 38.1 Å². The lowest BCUT2D eigenvalue weighted by molar-refractivity contribution is -0.141. The second kappa shape index (κ2) is 51.3. The Morgan fingerprint density at radius 2 is 0.633 bits per heavy atom. The topological polar surface area (TPSA) is 284 Å². The van der Waals surface area contributed by atoms with Crippen LogP contribution in [0.25, 0.3) is 0 Å². The first-order valence-electron chi connectivity index (χ1n) is 45.8. The van der Waals surface area contributed by atoms with Crippen LogP contribution in [0.15, 0.2) is 134 Å². The molecule has 2 saturated carbocycles.